The lowest BCUT2D eigenvalue weighted by Crippen LogP contribution is -2.41. The van der Waals surface area contributed by atoms with E-state index in [4.69, 9.17) is 10.5 Å². The van der Waals surface area contributed by atoms with E-state index < -0.39 is 34.7 Å². The van der Waals surface area contributed by atoms with Crippen LogP contribution in [-0.2, 0) is 0 Å². The Bertz CT molecular complexity index is 791. The first-order valence-electron chi connectivity index (χ1n) is 7.60. The minimum absolute atomic E-state index is 0. The molecule has 2 aromatic carbocycles. The monoisotopic (exact) mass is 368 g/mol. The maximum atomic E-state index is 13.8. The Hall–Kier alpha value is -2.34. The van der Waals surface area contributed by atoms with Crippen molar-refractivity contribution in [3.05, 3.63) is 59.2 Å². The number of nitrogen functional groups attached to an aromatic ring is 1. The fourth-order valence-electron chi connectivity index (χ4n) is 2.95. The maximum Gasteiger partial charge on any atom is 0.257 e. The molecule has 1 heterocycles. The SMILES string of the molecule is CC1(C)CC(NC(=O)c2c(F)cccc2F)c2cc(N)ccc2O1.Cl. The standard InChI is InChI=1S/C18H18F2N2O2.ClH/c1-18(2)9-14(11-8-10(21)6-7-15(11)24-18)22-17(23)16-12(19)4-3-5-13(16)20;/h3-8,14H,9,21H2,1-2H3,(H,22,23);1H. The highest BCUT2D eigenvalue weighted by molar-refractivity contribution is 5.95. The van der Waals surface area contributed by atoms with Gasteiger partial charge in [0.25, 0.3) is 5.91 Å². The first kappa shape index (κ1) is 19.0. The molecule has 1 aliphatic heterocycles. The molecule has 134 valence electrons. The van der Waals surface area contributed by atoms with E-state index in [0.717, 1.165) is 12.1 Å². The van der Waals surface area contributed by atoms with Gasteiger partial charge in [0.2, 0.25) is 0 Å². The number of hydrogen-bond donors (Lipinski definition) is 2. The highest BCUT2D eigenvalue weighted by Crippen LogP contribution is 2.40. The van der Waals surface area contributed by atoms with Crippen LogP contribution >= 0.6 is 12.4 Å². The van der Waals surface area contributed by atoms with E-state index in [-0.39, 0.29) is 12.4 Å². The second-order valence-corrected chi connectivity index (χ2v) is 6.49. The van der Waals surface area contributed by atoms with Crippen LogP contribution in [0.15, 0.2) is 36.4 Å². The van der Waals surface area contributed by atoms with Gasteiger partial charge in [0.15, 0.2) is 0 Å². The summed E-state index contributed by atoms with van der Waals surface area (Å²) in [6, 6.07) is 8.00. The third-order valence-electron chi connectivity index (χ3n) is 3.99. The Morgan fingerprint density at radius 2 is 1.88 bits per heavy atom. The smallest absolute Gasteiger partial charge is 0.257 e. The predicted molar refractivity (Wildman–Crippen MR) is 94.0 cm³/mol. The van der Waals surface area contributed by atoms with Gasteiger partial charge in [-0.1, -0.05) is 6.07 Å². The Morgan fingerprint density at radius 1 is 1.24 bits per heavy atom. The molecule has 0 bridgehead atoms. The summed E-state index contributed by atoms with van der Waals surface area (Å²) in [6.07, 6.45) is 0.450. The summed E-state index contributed by atoms with van der Waals surface area (Å²) in [5.41, 5.74) is 5.91. The Morgan fingerprint density at radius 3 is 2.52 bits per heavy atom. The molecule has 0 radical (unpaired) electrons. The predicted octanol–water partition coefficient (Wildman–Crippen LogP) is 4.00. The molecule has 2 aromatic rings. The van der Waals surface area contributed by atoms with Crippen LogP contribution in [0, 0.1) is 11.6 Å². The summed E-state index contributed by atoms with van der Waals surface area (Å²) in [6.45, 7) is 3.77. The average Bonchev–Trinajstić information content (AvgIpc) is 2.47. The summed E-state index contributed by atoms with van der Waals surface area (Å²) in [4.78, 5) is 12.4. The number of rotatable bonds is 2. The molecule has 1 unspecified atom stereocenters. The lowest BCUT2D eigenvalue weighted by molar-refractivity contribution is 0.0618. The van der Waals surface area contributed by atoms with Gasteiger partial charge in [-0.05, 0) is 44.2 Å². The number of halogens is 3. The molecule has 0 saturated heterocycles. The minimum Gasteiger partial charge on any atom is -0.487 e. The van der Waals surface area contributed by atoms with Crippen molar-refractivity contribution in [1.82, 2.24) is 5.32 Å². The second-order valence-electron chi connectivity index (χ2n) is 6.49. The van der Waals surface area contributed by atoms with Gasteiger partial charge in [0, 0.05) is 17.7 Å². The minimum atomic E-state index is -0.897. The van der Waals surface area contributed by atoms with Gasteiger partial charge in [-0.25, -0.2) is 8.78 Å². The first-order valence-corrected chi connectivity index (χ1v) is 7.60. The normalized spacial score (nSPS) is 17.7. The van der Waals surface area contributed by atoms with E-state index in [0.29, 0.717) is 23.4 Å². The van der Waals surface area contributed by atoms with Crippen LogP contribution in [0.1, 0.15) is 42.2 Å². The summed E-state index contributed by atoms with van der Waals surface area (Å²) in [7, 11) is 0. The zero-order chi connectivity index (χ0) is 17.5. The molecule has 0 fully saturated rings. The largest absolute Gasteiger partial charge is 0.487 e. The van der Waals surface area contributed by atoms with Crippen molar-refractivity contribution in [3.63, 3.8) is 0 Å². The number of amides is 1. The van der Waals surface area contributed by atoms with Gasteiger partial charge >= 0.3 is 0 Å². The zero-order valence-electron chi connectivity index (χ0n) is 13.8. The van der Waals surface area contributed by atoms with E-state index in [9.17, 15) is 13.6 Å². The third-order valence-corrected chi connectivity index (χ3v) is 3.99. The van der Waals surface area contributed by atoms with Crippen LogP contribution in [0.2, 0.25) is 0 Å². The van der Waals surface area contributed by atoms with Crippen LogP contribution < -0.4 is 15.8 Å². The van der Waals surface area contributed by atoms with Crippen molar-refractivity contribution in [2.45, 2.75) is 31.9 Å². The number of benzene rings is 2. The molecule has 25 heavy (non-hydrogen) atoms. The zero-order valence-corrected chi connectivity index (χ0v) is 14.6. The molecule has 4 nitrogen and oxygen atoms in total. The van der Waals surface area contributed by atoms with E-state index in [1.165, 1.54) is 6.07 Å². The average molecular weight is 369 g/mol. The molecule has 1 aliphatic rings. The first-order chi connectivity index (χ1) is 11.3. The highest BCUT2D eigenvalue weighted by atomic mass is 35.5. The molecule has 0 saturated carbocycles. The molecule has 0 aromatic heterocycles. The lowest BCUT2D eigenvalue weighted by Gasteiger charge is -2.38. The van der Waals surface area contributed by atoms with E-state index in [1.807, 2.05) is 13.8 Å². The number of fused-ring (bicyclic) bond motifs is 1. The van der Waals surface area contributed by atoms with Crippen molar-refractivity contribution >= 4 is 24.0 Å². The molecule has 1 atom stereocenters. The molecular weight excluding hydrogens is 350 g/mol. The van der Waals surface area contributed by atoms with E-state index >= 15 is 0 Å². The molecule has 0 aliphatic carbocycles. The Balaban J connectivity index is 0.00000225. The van der Waals surface area contributed by atoms with Crippen LogP contribution in [0.5, 0.6) is 5.75 Å². The van der Waals surface area contributed by atoms with Crippen molar-refractivity contribution in [1.29, 1.82) is 0 Å². The molecule has 3 N–H and O–H groups in total. The highest BCUT2D eigenvalue weighted by Gasteiger charge is 2.35. The van der Waals surface area contributed by atoms with Gasteiger partial charge in [-0.3, -0.25) is 4.79 Å². The van der Waals surface area contributed by atoms with Gasteiger partial charge in [0.05, 0.1) is 6.04 Å². The van der Waals surface area contributed by atoms with Crippen LogP contribution in [0.25, 0.3) is 0 Å². The van der Waals surface area contributed by atoms with Crippen LogP contribution in [0.4, 0.5) is 14.5 Å². The summed E-state index contributed by atoms with van der Waals surface area (Å²) in [5.74, 6) is -2.00. The van der Waals surface area contributed by atoms with Gasteiger partial charge < -0.3 is 15.8 Å². The fourth-order valence-corrected chi connectivity index (χ4v) is 2.95. The van der Waals surface area contributed by atoms with Crippen molar-refractivity contribution in [2.24, 2.45) is 0 Å². The van der Waals surface area contributed by atoms with Gasteiger partial charge in [-0.2, -0.15) is 0 Å². The summed E-state index contributed by atoms with van der Waals surface area (Å²) < 4.78 is 33.5. The van der Waals surface area contributed by atoms with Crippen molar-refractivity contribution < 1.29 is 18.3 Å². The topological polar surface area (TPSA) is 64.4 Å². The quantitative estimate of drug-likeness (QED) is 0.787. The number of nitrogens with one attached hydrogen (secondary N) is 1. The number of carbonyl (C=O) groups is 1. The number of hydrogen-bond acceptors (Lipinski definition) is 3. The third kappa shape index (κ3) is 3.85. The van der Waals surface area contributed by atoms with E-state index in [2.05, 4.69) is 5.32 Å². The lowest BCUT2D eigenvalue weighted by atomic mass is 9.89. The Kier molecular flexibility index (Phi) is 5.23. The number of ether oxygens (including phenoxy) is 1. The maximum absolute atomic E-state index is 13.8. The number of nitrogens with two attached hydrogens (primary N) is 1. The van der Waals surface area contributed by atoms with E-state index in [1.54, 1.807) is 18.2 Å². The molecule has 0 spiro atoms. The van der Waals surface area contributed by atoms with Gasteiger partial charge in [-0.15, -0.1) is 12.4 Å². The number of anilines is 1. The summed E-state index contributed by atoms with van der Waals surface area (Å²) in [5, 5.41) is 2.70. The van der Waals surface area contributed by atoms with Crippen LogP contribution in [0.3, 0.4) is 0 Å². The molecular formula is C18H19ClF2N2O2. The van der Waals surface area contributed by atoms with Crippen LogP contribution in [-0.4, -0.2) is 11.5 Å². The van der Waals surface area contributed by atoms with Crippen molar-refractivity contribution in [3.8, 4) is 5.75 Å². The molecule has 3 rings (SSSR count). The summed E-state index contributed by atoms with van der Waals surface area (Å²) >= 11 is 0. The van der Waals surface area contributed by atoms with Crippen molar-refractivity contribution in [2.75, 3.05) is 5.73 Å². The number of carbonyl (C=O) groups excluding carboxylic acids is 1. The molecule has 7 heteroatoms. The molecule has 1 amide bonds. The Labute approximate surface area is 150 Å². The fraction of sp³-hybridized carbons (Fsp3) is 0.278. The second kappa shape index (κ2) is 6.88. The van der Waals surface area contributed by atoms with Gasteiger partial charge in [0.1, 0.15) is 28.5 Å².